The molecule has 0 radical (unpaired) electrons. The molecule has 0 bridgehead atoms. The molecule has 10 heteroatoms. The maximum Gasteiger partial charge on any atom is 0.472 e. The fourth-order valence-corrected chi connectivity index (χ4v) is 5.14. The maximum absolute atomic E-state index is 12.3. The van der Waals surface area contributed by atoms with Crippen LogP contribution in [0.2, 0.25) is 0 Å². The molecule has 0 aliphatic heterocycles. The molecule has 1 N–H and O–H groups in total. The molecule has 0 rings (SSSR count). The number of quaternary nitrogens is 1. The van der Waals surface area contributed by atoms with E-state index in [2.05, 4.69) is 6.92 Å². The highest BCUT2D eigenvalue weighted by Crippen LogP contribution is 2.43. The third-order valence-corrected chi connectivity index (χ3v) is 8.08. The summed E-state index contributed by atoms with van der Waals surface area (Å²) < 4.78 is 45.6. The van der Waals surface area contributed by atoms with Gasteiger partial charge in [-0.25, -0.2) is 4.57 Å². The summed E-state index contributed by atoms with van der Waals surface area (Å²) in [5, 5.41) is 0. The molecule has 2 atom stereocenters. The van der Waals surface area contributed by atoms with Gasteiger partial charge in [-0.2, -0.15) is 0 Å². The van der Waals surface area contributed by atoms with Crippen LogP contribution in [0.1, 0.15) is 116 Å². The molecule has 248 valence electrons. The molecule has 0 spiro atoms. The average Bonchev–Trinajstić information content (AvgIpc) is 2.92. The lowest BCUT2D eigenvalue weighted by molar-refractivity contribution is -0.870. The van der Waals surface area contributed by atoms with Crippen molar-refractivity contribution in [3.05, 3.63) is 0 Å². The topological polar surface area (TPSA) is 92.7 Å². The second kappa shape index (κ2) is 27.5. The van der Waals surface area contributed by atoms with Gasteiger partial charge < -0.3 is 28.3 Å². The highest BCUT2D eigenvalue weighted by molar-refractivity contribution is 7.47. The highest BCUT2D eigenvalue weighted by atomic mass is 31.2. The van der Waals surface area contributed by atoms with Crippen molar-refractivity contribution >= 4 is 7.82 Å². The van der Waals surface area contributed by atoms with Crippen LogP contribution in [0.25, 0.3) is 0 Å². The largest absolute Gasteiger partial charge is 0.472 e. The molecule has 9 nitrogen and oxygen atoms in total. The number of phosphoric ester groups is 1. The number of unbranched alkanes of at least 4 members (excludes halogenated alkanes) is 14. The fourth-order valence-electron chi connectivity index (χ4n) is 4.40. The van der Waals surface area contributed by atoms with Gasteiger partial charge in [-0.3, -0.25) is 9.05 Å². The maximum atomic E-state index is 12.3. The van der Waals surface area contributed by atoms with Crippen LogP contribution in [0.15, 0.2) is 0 Å². The Morgan fingerprint density at radius 1 is 0.659 bits per heavy atom. The quantitative estimate of drug-likeness (QED) is 0.0361. The molecule has 0 fully saturated rings. The van der Waals surface area contributed by atoms with Crippen molar-refractivity contribution in [2.45, 2.75) is 128 Å². The van der Waals surface area contributed by atoms with Gasteiger partial charge in [0.05, 0.1) is 34.4 Å². The van der Waals surface area contributed by atoms with E-state index in [0.29, 0.717) is 30.8 Å². The van der Waals surface area contributed by atoms with Crippen LogP contribution in [0.4, 0.5) is 0 Å². The number of rotatable bonds is 32. The first-order valence-corrected chi connectivity index (χ1v) is 17.8. The van der Waals surface area contributed by atoms with Crippen molar-refractivity contribution in [3.63, 3.8) is 0 Å². The minimum Gasteiger partial charge on any atom is -0.379 e. The SMILES string of the molecule is CCCCCCCCCCCCCCCCOC[C@H](COP(=O)(O)OCC[N+](C)(C)C)OCCCCC(OC)OC. The van der Waals surface area contributed by atoms with E-state index in [9.17, 15) is 9.46 Å². The smallest absolute Gasteiger partial charge is 0.379 e. The Hall–Kier alpha value is -0.0900. The van der Waals surface area contributed by atoms with Gasteiger partial charge >= 0.3 is 7.82 Å². The van der Waals surface area contributed by atoms with Crippen molar-refractivity contribution in [2.24, 2.45) is 0 Å². The summed E-state index contributed by atoms with van der Waals surface area (Å²) in [7, 11) is 5.08. The first-order chi connectivity index (χ1) is 19.6. The zero-order chi connectivity index (χ0) is 30.7. The number of methoxy groups -OCH3 is 2. The molecular weight excluding hydrogens is 545 g/mol. The third-order valence-electron chi connectivity index (χ3n) is 7.10. The van der Waals surface area contributed by atoms with E-state index in [0.717, 1.165) is 32.1 Å². The van der Waals surface area contributed by atoms with E-state index in [1.165, 1.54) is 77.0 Å². The van der Waals surface area contributed by atoms with Crippen LogP contribution < -0.4 is 0 Å². The third kappa shape index (κ3) is 29.7. The average molecular weight is 613 g/mol. The Bertz CT molecular complexity index is 601. The van der Waals surface area contributed by atoms with Gasteiger partial charge in [-0.15, -0.1) is 0 Å². The predicted octanol–water partition coefficient (Wildman–Crippen LogP) is 7.50. The first kappa shape index (κ1) is 40.9. The normalized spacial score (nSPS) is 14.5. The molecule has 0 aliphatic carbocycles. The van der Waals surface area contributed by atoms with E-state index in [1.54, 1.807) is 14.2 Å². The summed E-state index contributed by atoms with van der Waals surface area (Å²) in [5.41, 5.74) is 0. The fraction of sp³-hybridized carbons (Fsp3) is 1.00. The van der Waals surface area contributed by atoms with E-state index in [4.69, 9.17) is 28.0 Å². The van der Waals surface area contributed by atoms with Crippen molar-refractivity contribution in [3.8, 4) is 0 Å². The molecule has 0 aromatic heterocycles. The lowest BCUT2D eigenvalue weighted by atomic mass is 10.0. The predicted molar refractivity (Wildman–Crippen MR) is 167 cm³/mol. The number of ether oxygens (including phenoxy) is 4. The van der Waals surface area contributed by atoms with Crippen LogP contribution >= 0.6 is 7.82 Å². The standard InChI is InChI=1S/C31H66NO8P/c1-7-8-9-10-11-12-13-14-15-16-17-18-19-21-25-37-28-30(38-26-22-20-23-31(35-5)36-6)29-40-41(33,34)39-27-24-32(2,3)4/h30-31H,7-29H2,1-6H3/p+1/t30-/m1/s1. The zero-order valence-corrected chi connectivity index (χ0v) is 28.5. The summed E-state index contributed by atoms with van der Waals surface area (Å²) in [6, 6.07) is 0. The number of hydrogen-bond acceptors (Lipinski definition) is 7. The Morgan fingerprint density at radius 2 is 1.17 bits per heavy atom. The summed E-state index contributed by atoms with van der Waals surface area (Å²) >= 11 is 0. The lowest BCUT2D eigenvalue weighted by Crippen LogP contribution is -2.37. The van der Waals surface area contributed by atoms with Crippen LogP contribution in [0.3, 0.4) is 0 Å². The van der Waals surface area contributed by atoms with Gasteiger partial charge in [0.1, 0.15) is 19.3 Å². The summed E-state index contributed by atoms with van der Waals surface area (Å²) in [5.74, 6) is 0. The monoisotopic (exact) mass is 612 g/mol. The van der Waals surface area contributed by atoms with Gasteiger partial charge in [0.15, 0.2) is 6.29 Å². The van der Waals surface area contributed by atoms with Gasteiger partial charge in [-0.1, -0.05) is 90.4 Å². The van der Waals surface area contributed by atoms with E-state index in [-0.39, 0.29) is 19.5 Å². The molecule has 0 aliphatic rings. The minimum atomic E-state index is -4.15. The first-order valence-electron chi connectivity index (χ1n) is 16.3. The second-order valence-electron chi connectivity index (χ2n) is 12.2. The molecule has 0 aromatic rings. The lowest BCUT2D eigenvalue weighted by Gasteiger charge is -2.24. The minimum absolute atomic E-state index is 0.0599. The van der Waals surface area contributed by atoms with Crippen molar-refractivity contribution in [1.82, 2.24) is 0 Å². The molecule has 0 amide bonds. The Kier molecular flexibility index (Phi) is 27.4. The van der Waals surface area contributed by atoms with Gasteiger partial charge in [-0.05, 0) is 25.7 Å². The van der Waals surface area contributed by atoms with Crippen LogP contribution in [-0.2, 0) is 32.6 Å². The van der Waals surface area contributed by atoms with Crippen molar-refractivity contribution < 1.29 is 41.9 Å². The summed E-state index contributed by atoms with van der Waals surface area (Å²) in [6.07, 6.45) is 20.3. The van der Waals surface area contributed by atoms with Crippen molar-refractivity contribution in [1.29, 1.82) is 0 Å². The van der Waals surface area contributed by atoms with Gasteiger partial charge in [0.2, 0.25) is 0 Å². The molecule has 1 unspecified atom stereocenters. The molecule has 0 aromatic carbocycles. The number of hydrogen-bond donors (Lipinski definition) is 1. The zero-order valence-electron chi connectivity index (χ0n) is 27.6. The Balaban J connectivity index is 4.12. The molecule has 41 heavy (non-hydrogen) atoms. The molecular formula is C31H67NO8P+. The molecule has 0 saturated carbocycles. The summed E-state index contributed by atoms with van der Waals surface area (Å²) in [6.45, 7) is 4.41. The summed E-state index contributed by atoms with van der Waals surface area (Å²) in [4.78, 5) is 10.1. The van der Waals surface area contributed by atoms with Crippen LogP contribution in [-0.4, -0.2) is 96.7 Å². The Morgan fingerprint density at radius 3 is 1.68 bits per heavy atom. The highest BCUT2D eigenvalue weighted by Gasteiger charge is 2.25. The number of phosphoric acid groups is 1. The second-order valence-corrected chi connectivity index (χ2v) is 13.6. The van der Waals surface area contributed by atoms with Gasteiger partial charge in [0, 0.05) is 27.4 Å². The van der Waals surface area contributed by atoms with E-state index >= 15 is 0 Å². The number of nitrogens with zero attached hydrogens (tertiary/aromatic N) is 1. The van der Waals surface area contributed by atoms with Gasteiger partial charge in [0.25, 0.3) is 0 Å². The van der Waals surface area contributed by atoms with Crippen LogP contribution in [0.5, 0.6) is 0 Å². The Labute approximate surface area is 253 Å². The van der Waals surface area contributed by atoms with E-state index < -0.39 is 13.9 Å². The van der Waals surface area contributed by atoms with Crippen molar-refractivity contribution in [2.75, 3.05) is 74.9 Å². The number of likely N-dealkylation sites (N-methyl/N-ethyl adjacent to an activating group) is 1. The molecule has 0 heterocycles. The van der Waals surface area contributed by atoms with Crippen LogP contribution in [0, 0.1) is 0 Å². The molecule has 0 saturated heterocycles. The van der Waals surface area contributed by atoms with E-state index in [1.807, 2.05) is 21.1 Å².